The fraction of sp³-hybridized carbons (Fsp3) is 0.529. The number of methoxy groups -OCH3 is 1. The maximum Gasteiger partial charge on any atom is 0.322 e. The molecule has 1 heterocycles. The van der Waals surface area contributed by atoms with Gasteiger partial charge < -0.3 is 20.3 Å². The lowest BCUT2D eigenvalue weighted by Crippen LogP contribution is -2.48. The molecule has 1 aromatic rings. The molecule has 0 saturated carbocycles. The third-order valence-electron chi connectivity index (χ3n) is 3.82. The summed E-state index contributed by atoms with van der Waals surface area (Å²) in [6, 6.07) is 6.53. The smallest absolute Gasteiger partial charge is 0.322 e. The molecule has 6 nitrogen and oxygen atoms in total. The van der Waals surface area contributed by atoms with Gasteiger partial charge in [-0.05, 0) is 30.9 Å². The molecular formula is C17H25N3O3. The van der Waals surface area contributed by atoms with Crippen molar-refractivity contribution < 1.29 is 14.3 Å². The van der Waals surface area contributed by atoms with Crippen LogP contribution in [0.4, 0.5) is 10.5 Å². The number of ether oxygens (including phenoxy) is 1. The van der Waals surface area contributed by atoms with E-state index in [2.05, 4.69) is 10.6 Å². The quantitative estimate of drug-likeness (QED) is 0.876. The molecule has 0 aromatic heterocycles. The third kappa shape index (κ3) is 4.61. The Kier molecular flexibility index (Phi) is 5.84. The zero-order valence-corrected chi connectivity index (χ0v) is 14.0. The Balaban J connectivity index is 1.98. The fourth-order valence-corrected chi connectivity index (χ4v) is 2.60. The molecule has 3 amide bonds. The lowest BCUT2D eigenvalue weighted by molar-refractivity contribution is -0.124. The summed E-state index contributed by atoms with van der Waals surface area (Å²) in [4.78, 5) is 26.3. The minimum Gasteiger partial charge on any atom is -0.497 e. The zero-order valence-electron chi connectivity index (χ0n) is 14.0. The SMILES string of the molecule is COc1cccc(NC(=O)N2CCC[C@@H]2C(=O)NCC(C)C)c1. The number of hydrogen-bond acceptors (Lipinski definition) is 3. The van der Waals surface area contributed by atoms with Gasteiger partial charge in [0.2, 0.25) is 5.91 Å². The van der Waals surface area contributed by atoms with Gasteiger partial charge in [-0.3, -0.25) is 4.79 Å². The van der Waals surface area contributed by atoms with Gasteiger partial charge in [0.1, 0.15) is 11.8 Å². The molecule has 0 bridgehead atoms. The topological polar surface area (TPSA) is 70.7 Å². The van der Waals surface area contributed by atoms with Crippen molar-refractivity contribution in [3.8, 4) is 5.75 Å². The van der Waals surface area contributed by atoms with Crippen LogP contribution in [0.25, 0.3) is 0 Å². The normalized spacial score (nSPS) is 17.2. The molecule has 0 radical (unpaired) electrons. The molecule has 2 rings (SSSR count). The van der Waals surface area contributed by atoms with E-state index >= 15 is 0 Å². The summed E-state index contributed by atoms with van der Waals surface area (Å²) in [5, 5.41) is 5.75. The Hall–Kier alpha value is -2.24. The van der Waals surface area contributed by atoms with Gasteiger partial charge in [-0.2, -0.15) is 0 Å². The second-order valence-electron chi connectivity index (χ2n) is 6.15. The first-order chi connectivity index (χ1) is 11.0. The van der Waals surface area contributed by atoms with E-state index in [0.717, 1.165) is 6.42 Å². The number of amides is 3. The molecule has 23 heavy (non-hydrogen) atoms. The van der Waals surface area contributed by atoms with Crippen LogP contribution < -0.4 is 15.4 Å². The Labute approximate surface area is 137 Å². The van der Waals surface area contributed by atoms with Gasteiger partial charge in [0, 0.05) is 24.8 Å². The van der Waals surface area contributed by atoms with E-state index in [0.29, 0.717) is 36.9 Å². The van der Waals surface area contributed by atoms with Crippen molar-refractivity contribution in [2.45, 2.75) is 32.7 Å². The van der Waals surface area contributed by atoms with E-state index in [1.54, 1.807) is 24.1 Å². The number of rotatable bonds is 5. The van der Waals surface area contributed by atoms with Crippen molar-refractivity contribution in [3.05, 3.63) is 24.3 Å². The van der Waals surface area contributed by atoms with Gasteiger partial charge in [0.15, 0.2) is 0 Å². The molecule has 1 aliphatic heterocycles. The molecule has 0 spiro atoms. The van der Waals surface area contributed by atoms with Crippen molar-refractivity contribution in [1.82, 2.24) is 10.2 Å². The molecule has 0 unspecified atom stereocenters. The number of nitrogens with zero attached hydrogens (tertiary/aromatic N) is 1. The highest BCUT2D eigenvalue weighted by atomic mass is 16.5. The fourth-order valence-electron chi connectivity index (χ4n) is 2.60. The van der Waals surface area contributed by atoms with E-state index in [1.807, 2.05) is 26.0 Å². The Bertz CT molecular complexity index is 560. The van der Waals surface area contributed by atoms with Crippen LogP contribution in [0.3, 0.4) is 0 Å². The zero-order chi connectivity index (χ0) is 16.8. The Morgan fingerprint density at radius 1 is 1.39 bits per heavy atom. The van der Waals surface area contributed by atoms with Crippen LogP contribution in [0.5, 0.6) is 5.75 Å². The van der Waals surface area contributed by atoms with E-state index in [9.17, 15) is 9.59 Å². The number of carbonyl (C=O) groups is 2. The number of carbonyl (C=O) groups excluding carboxylic acids is 2. The predicted molar refractivity (Wildman–Crippen MR) is 89.6 cm³/mol. The summed E-state index contributed by atoms with van der Waals surface area (Å²) in [5.41, 5.74) is 0.655. The van der Waals surface area contributed by atoms with E-state index in [4.69, 9.17) is 4.74 Å². The second kappa shape index (κ2) is 7.85. The molecule has 1 fully saturated rings. The predicted octanol–water partition coefficient (Wildman–Crippen LogP) is 2.46. The average molecular weight is 319 g/mol. The van der Waals surface area contributed by atoms with Gasteiger partial charge in [-0.25, -0.2) is 4.79 Å². The van der Waals surface area contributed by atoms with Gasteiger partial charge in [0.25, 0.3) is 0 Å². The van der Waals surface area contributed by atoms with Crippen LogP contribution >= 0.6 is 0 Å². The molecular weight excluding hydrogens is 294 g/mol. The first kappa shape index (κ1) is 17.1. The van der Waals surface area contributed by atoms with E-state index in [-0.39, 0.29) is 18.0 Å². The number of likely N-dealkylation sites (tertiary alicyclic amines) is 1. The molecule has 6 heteroatoms. The van der Waals surface area contributed by atoms with Crippen LogP contribution in [0.2, 0.25) is 0 Å². The maximum absolute atomic E-state index is 12.5. The Morgan fingerprint density at radius 2 is 2.17 bits per heavy atom. The third-order valence-corrected chi connectivity index (χ3v) is 3.82. The van der Waals surface area contributed by atoms with Crippen LogP contribution in [-0.4, -0.2) is 43.1 Å². The maximum atomic E-state index is 12.5. The Morgan fingerprint density at radius 3 is 2.87 bits per heavy atom. The van der Waals surface area contributed by atoms with Gasteiger partial charge in [-0.1, -0.05) is 19.9 Å². The summed E-state index contributed by atoms with van der Waals surface area (Å²) < 4.78 is 5.15. The molecule has 1 atom stereocenters. The summed E-state index contributed by atoms with van der Waals surface area (Å²) in [5.74, 6) is 0.992. The molecule has 2 N–H and O–H groups in total. The largest absolute Gasteiger partial charge is 0.497 e. The highest BCUT2D eigenvalue weighted by molar-refractivity contribution is 5.94. The van der Waals surface area contributed by atoms with Gasteiger partial charge in [0.05, 0.1) is 7.11 Å². The molecule has 0 aliphatic carbocycles. The minimum absolute atomic E-state index is 0.0722. The van der Waals surface area contributed by atoms with Gasteiger partial charge >= 0.3 is 6.03 Å². The monoisotopic (exact) mass is 319 g/mol. The number of urea groups is 1. The van der Waals surface area contributed by atoms with E-state index in [1.165, 1.54) is 0 Å². The van der Waals surface area contributed by atoms with Crippen molar-refractivity contribution in [2.75, 3.05) is 25.5 Å². The van der Waals surface area contributed by atoms with Crippen LogP contribution in [-0.2, 0) is 4.79 Å². The lowest BCUT2D eigenvalue weighted by Gasteiger charge is -2.24. The summed E-state index contributed by atoms with van der Waals surface area (Å²) in [6.07, 6.45) is 1.54. The highest BCUT2D eigenvalue weighted by Crippen LogP contribution is 2.21. The first-order valence-electron chi connectivity index (χ1n) is 8.00. The van der Waals surface area contributed by atoms with Crippen molar-refractivity contribution >= 4 is 17.6 Å². The number of anilines is 1. The summed E-state index contributed by atoms with van der Waals surface area (Å²) >= 11 is 0. The van der Waals surface area contributed by atoms with Crippen molar-refractivity contribution in [1.29, 1.82) is 0 Å². The molecule has 1 aliphatic rings. The first-order valence-corrected chi connectivity index (χ1v) is 8.00. The molecule has 1 saturated heterocycles. The molecule has 126 valence electrons. The van der Waals surface area contributed by atoms with Crippen molar-refractivity contribution in [3.63, 3.8) is 0 Å². The standard InChI is InChI=1S/C17H25N3O3/c1-12(2)11-18-16(21)15-8-5-9-20(15)17(22)19-13-6-4-7-14(10-13)23-3/h4,6-7,10,12,15H,5,8-9,11H2,1-3H3,(H,18,21)(H,19,22)/t15-/m1/s1. The van der Waals surface area contributed by atoms with Crippen molar-refractivity contribution in [2.24, 2.45) is 5.92 Å². The number of nitrogens with one attached hydrogen (secondary N) is 2. The van der Waals surface area contributed by atoms with Crippen LogP contribution in [0.15, 0.2) is 24.3 Å². The van der Waals surface area contributed by atoms with Gasteiger partial charge in [-0.15, -0.1) is 0 Å². The average Bonchev–Trinajstić information content (AvgIpc) is 3.02. The number of benzene rings is 1. The highest BCUT2D eigenvalue weighted by Gasteiger charge is 2.34. The minimum atomic E-state index is -0.389. The lowest BCUT2D eigenvalue weighted by atomic mass is 10.2. The van der Waals surface area contributed by atoms with Crippen LogP contribution in [0, 0.1) is 5.92 Å². The van der Waals surface area contributed by atoms with E-state index < -0.39 is 0 Å². The summed E-state index contributed by atoms with van der Waals surface area (Å²) in [7, 11) is 1.58. The number of hydrogen-bond donors (Lipinski definition) is 2. The van der Waals surface area contributed by atoms with Crippen LogP contribution in [0.1, 0.15) is 26.7 Å². The molecule has 1 aromatic carbocycles. The second-order valence-corrected chi connectivity index (χ2v) is 6.15. The summed E-state index contributed by atoms with van der Waals surface area (Å²) in [6.45, 7) is 5.31.